The molecule has 0 N–H and O–H groups in total. The van der Waals surface area contributed by atoms with Gasteiger partial charge in [-0.25, -0.2) is 6.08 Å². The van der Waals surface area contributed by atoms with Crippen LogP contribution in [0.5, 0.6) is 0 Å². The van der Waals surface area contributed by atoms with Crippen LogP contribution in [0.15, 0.2) is 84.9 Å². The summed E-state index contributed by atoms with van der Waals surface area (Å²) >= 11 is 1.55. The first-order valence-electron chi connectivity index (χ1n) is 12.8. The van der Waals surface area contributed by atoms with Crippen molar-refractivity contribution in [3.63, 3.8) is 0 Å². The van der Waals surface area contributed by atoms with E-state index in [1.165, 1.54) is 47.0 Å². The summed E-state index contributed by atoms with van der Waals surface area (Å²) in [6.45, 7) is 17.9. The molecule has 1 aliphatic carbocycles. The molecular formula is C35H40Cl2Zr-2. The van der Waals surface area contributed by atoms with Crippen LogP contribution in [0.1, 0.15) is 78.5 Å². The first kappa shape index (κ1) is 34.4. The van der Waals surface area contributed by atoms with Crippen LogP contribution in [0.4, 0.5) is 0 Å². The molecular weight excluding hydrogens is 583 g/mol. The van der Waals surface area contributed by atoms with Gasteiger partial charge in [-0.2, -0.15) is 11.6 Å². The Kier molecular flexibility index (Phi) is 13.3. The Bertz CT molecular complexity index is 1320. The Labute approximate surface area is 258 Å². The van der Waals surface area contributed by atoms with Gasteiger partial charge in [0.2, 0.25) is 0 Å². The summed E-state index contributed by atoms with van der Waals surface area (Å²) in [5.74, 6) is 0. The van der Waals surface area contributed by atoms with Gasteiger partial charge in [-0.05, 0) is 10.8 Å². The maximum absolute atomic E-state index is 3.15. The number of allylic oxidation sites excluding steroid dienone is 4. The Morgan fingerprint density at radius 3 is 1.55 bits per heavy atom. The molecule has 0 unspecified atom stereocenters. The number of rotatable bonds is 1. The summed E-state index contributed by atoms with van der Waals surface area (Å²) in [5, 5.41) is 5.48. The first-order valence-corrected chi connectivity index (χ1v) is 14.1. The SMILES string of the molecule is CC(C)(C)c1ccc2c(c1)[cH-]c1cc(C(C)(C)C)ccc12.C[C](C)=[Zr+2].[C-]1=CC(c2ccccc2)=CC1.[Cl-].[Cl-]. The third kappa shape index (κ3) is 9.52. The van der Waals surface area contributed by atoms with Crippen molar-refractivity contribution in [2.24, 2.45) is 0 Å². The average molecular weight is 623 g/mol. The van der Waals surface area contributed by atoms with Crippen molar-refractivity contribution in [1.82, 2.24) is 0 Å². The van der Waals surface area contributed by atoms with Crippen LogP contribution in [-0.2, 0) is 35.1 Å². The van der Waals surface area contributed by atoms with Crippen LogP contribution >= 0.6 is 0 Å². The van der Waals surface area contributed by atoms with Crippen molar-refractivity contribution in [3.05, 3.63) is 108 Å². The fraction of sp³-hybridized carbons (Fsp3) is 0.314. The third-order valence-electron chi connectivity index (χ3n) is 6.24. The van der Waals surface area contributed by atoms with E-state index in [0.29, 0.717) is 0 Å². The van der Waals surface area contributed by atoms with Crippen LogP contribution in [0.2, 0.25) is 0 Å². The van der Waals surface area contributed by atoms with Gasteiger partial charge in [-0.15, -0.1) is 51.7 Å². The molecule has 0 aromatic heterocycles. The minimum absolute atomic E-state index is 0. The normalized spacial score (nSPS) is 12.4. The van der Waals surface area contributed by atoms with Crippen LogP contribution in [-0.4, -0.2) is 3.21 Å². The Morgan fingerprint density at radius 1 is 0.737 bits per heavy atom. The maximum Gasteiger partial charge on any atom is -0.0623 e. The topological polar surface area (TPSA) is 0 Å². The predicted molar refractivity (Wildman–Crippen MR) is 158 cm³/mol. The molecule has 3 heteroatoms. The monoisotopic (exact) mass is 620 g/mol. The van der Waals surface area contributed by atoms with E-state index in [0.717, 1.165) is 6.42 Å². The fourth-order valence-electron chi connectivity index (χ4n) is 4.18. The summed E-state index contributed by atoms with van der Waals surface area (Å²) in [6.07, 6.45) is 8.36. The number of fused-ring (bicyclic) bond motifs is 3. The molecule has 0 atom stereocenters. The predicted octanol–water partition coefficient (Wildman–Crippen LogP) is 3.89. The van der Waals surface area contributed by atoms with Crippen molar-refractivity contribution in [2.45, 2.75) is 72.6 Å². The van der Waals surface area contributed by atoms with Gasteiger partial charge in [-0.1, -0.05) is 107 Å². The van der Waals surface area contributed by atoms with Gasteiger partial charge in [0.25, 0.3) is 0 Å². The molecule has 0 saturated heterocycles. The number of benzene rings is 3. The van der Waals surface area contributed by atoms with E-state index in [9.17, 15) is 0 Å². The van der Waals surface area contributed by atoms with Gasteiger partial charge in [0.1, 0.15) is 0 Å². The van der Waals surface area contributed by atoms with Gasteiger partial charge in [0, 0.05) is 0 Å². The van der Waals surface area contributed by atoms with Gasteiger partial charge in [-0.3, -0.25) is 6.08 Å². The van der Waals surface area contributed by atoms with Crippen molar-refractivity contribution in [2.75, 3.05) is 0 Å². The molecule has 0 saturated carbocycles. The summed E-state index contributed by atoms with van der Waals surface area (Å²) < 4.78 is 1.51. The standard InChI is InChI=1S/C21H25.C11H9.C3H6.2ClH.Zr/c1-20(2,3)16-7-9-18-14(12-16)11-15-13-17(21(4,5)6)8-10-19(15)18;1-2-6-10(7-3-1)11-8-4-5-9-11;1-3-2;;;/h7-13H,1-6H3;1-3,6-9H,4H2;1-2H3;2*1H;/q2*-1;;;;+2/p-2. The van der Waals surface area contributed by atoms with Crippen LogP contribution < -0.4 is 24.8 Å². The summed E-state index contributed by atoms with van der Waals surface area (Å²) in [6, 6.07) is 26.6. The van der Waals surface area contributed by atoms with Crippen LogP contribution in [0.25, 0.3) is 27.1 Å². The molecule has 1 aliphatic rings. The number of hydrogen-bond acceptors (Lipinski definition) is 0. The van der Waals surface area contributed by atoms with Crippen molar-refractivity contribution in [1.29, 1.82) is 0 Å². The molecule has 0 aliphatic heterocycles. The molecule has 4 aromatic carbocycles. The second-order valence-corrected chi connectivity index (χ2v) is 14.3. The molecule has 0 spiro atoms. The second kappa shape index (κ2) is 14.6. The van der Waals surface area contributed by atoms with Crippen molar-refractivity contribution < 1.29 is 49.0 Å². The molecule has 0 bridgehead atoms. The molecule has 0 radical (unpaired) electrons. The number of halogens is 2. The molecule has 0 heterocycles. The van der Waals surface area contributed by atoms with Gasteiger partial charge in [0.05, 0.1) is 0 Å². The largest absolute Gasteiger partial charge is 1.00 e. The summed E-state index contributed by atoms with van der Waals surface area (Å²) in [5.41, 5.74) is 5.80. The third-order valence-corrected chi connectivity index (χ3v) is 6.24. The zero-order valence-electron chi connectivity index (χ0n) is 24.0. The fourth-order valence-corrected chi connectivity index (χ4v) is 4.18. The summed E-state index contributed by atoms with van der Waals surface area (Å²) in [4.78, 5) is 0. The second-order valence-electron chi connectivity index (χ2n) is 11.8. The van der Waals surface area contributed by atoms with E-state index in [4.69, 9.17) is 0 Å². The van der Waals surface area contributed by atoms with Gasteiger partial charge >= 0.3 is 41.3 Å². The zero-order valence-corrected chi connectivity index (χ0v) is 28.0. The molecule has 4 aromatic rings. The van der Waals surface area contributed by atoms with E-state index in [2.05, 4.69) is 140 Å². The maximum atomic E-state index is 3.15. The van der Waals surface area contributed by atoms with E-state index in [1.807, 2.05) is 6.07 Å². The molecule has 38 heavy (non-hydrogen) atoms. The smallest absolute Gasteiger partial charge is 0.0623 e. The van der Waals surface area contributed by atoms with Crippen molar-refractivity contribution in [3.8, 4) is 0 Å². The minimum Gasteiger partial charge on any atom is -1.00 e. The molecule has 0 amide bonds. The Morgan fingerprint density at radius 2 is 1.18 bits per heavy atom. The molecule has 0 fully saturated rings. The summed E-state index contributed by atoms with van der Waals surface area (Å²) in [7, 11) is 0. The van der Waals surface area contributed by atoms with E-state index >= 15 is 0 Å². The van der Waals surface area contributed by atoms with E-state index in [-0.39, 0.29) is 35.6 Å². The minimum atomic E-state index is 0. The van der Waals surface area contributed by atoms with Crippen LogP contribution in [0, 0.1) is 6.08 Å². The zero-order chi connectivity index (χ0) is 26.5. The van der Waals surface area contributed by atoms with Crippen molar-refractivity contribution >= 4 is 30.3 Å². The Hall–Kier alpha value is -1.66. The van der Waals surface area contributed by atoms with E-state index < -0.39 is 0 Å². The van der Waals surface area contributed by atoms with Crippen LogP contribution in [0.3, 0.4) is 0 Å². The molecule has 200 valence electrons. The first-order chi connectivity index (χ1) is 16.9. The van der Waals surface area contributed by atoms with Gasteiger partial charge in [0.15, 0.2) is 0 Å². The quantitative estimate of drug-likeness (QED) is 0.283. The van der Waals surface area contributed by atoms with E-state index in [1.54, 1.807) is 24.2 Å². The molecule has 0 nitrogen and oxygen atoms in total. The van der Waals surface area contributed by atoms with Gasteiger partial charge < -0.3 is 24.8 Å². The Balaban J connectivity index is 0.000000358. The molecule has 5 rings (SSSR count). The average Bonchev–Trinajstić information content (AvgIpc) is 3.46. The number of hydrogen-bond donors (Lipinski definition) is 0.